The molecule has 23 heavy (non-hydrogen) atoms. The van der Waals surface area contributed by atoms with E-state index in [9.17, 15) is 9.59 Å². The smallest absolute Gasteiger partial charge is 0.304 e. The molecule has 1 atom stereocenters. The third-order valence-electron chi connectivity index (χ3n) is 3.60. The van der Waals surface area contributed by atoms with Crippen molar-refractivity contribution in [1.29, 1.82) is 0 Å². The topological polar surface area (TPSA) is 66.4 Å². The van der Waals surface area contributed by atoms with Crippen molar-refractivity contribution < 1.29 is 14.7 Å². The van der Waals surface area contributed by atoms with Gasteiger partial charge >= 0.3 is 5.97 Å². The van der Waals surface area contributed by atoms with E-state index in [-0.39, 0.29) is 12.3 Å². The van der Waals surface area contributed by atoms with Crippen LogP contribution in [0, 0.1) is 19.8 Å². The number of carbonyl (C=O) groups excluding carboxylic acids is 1. The number of para-hydroxylation sites is 1. The molecule has 1 unspecified atom stereocenters. The maximum atomic E-state index is 12.4. The molecular weight excluding hydrogens is 290 g/mol. The summed E-state index contributed by atoms with van der Waals surface area (Å²) in [6.45, 7) is 3.99. The van der Waals surface area contributed by atoms with Gasteiger partial charge < -0.3 is 10.4 Å². The highest BCUT2D eigenvalue weighted by atomic mass is 16.4. The molecule has 2 aromatic carbocycles. The van der Waals surface area contributed by atoms with E-state index in [2.05, 4.69) is 11.4 Å². The first kappa shape index (κ1) is 16.7. The van der Waals surface area contributed by atoms with Crippen LogP contribution in [0.1, 0.15) is 23.1 Å². The fourth-order valence-electron chi connectivity index (χ4n) is 2.71. The molecule has 2 rings (SSSR count). The lowest BCUT2D eigenvalue weighted by atomic mass is 9.93. The van der Waals surface area contributed by atoms with Crippen molar-refractivity contribution in [1.82, 2.24) is 0 Å². The fraction of sp³-hybridized carbons (Fsp3) is 0.263. The van der Waals surface area contributed by atoms with E-state index in [0.717, 1.165) is 16.7 Å². The Morgan fingerprint density at radius 3 is 2.22 bits per heavy atom. The van der Waals surface area contributed by atoms with Crippen LogP contribution in [0.15, 0.2) is 48.5 Å². The zero-order valence-corrected chi connectivity index (χ0v) is 13.4. The van der Waals surface area contributed by atoms with Gasteiger partial charge in [0, 0.05) is 5.69 Å². The van der Waals surface area contributed by atoms with Gasteiger partial charge in [-0.15, -0.1) is 0 Å². The minimum absolute atomic E-state index is 0.189. The van der Waals surface area contributed by atoms with Crippen LogP contribution in [0.2, 0.25) is 0 Å². The van der Waals surface area contributed by atoms with Gasteiger partial charge in [0.1, 0.15) is 0 Å². The first-order valence-electron chi connectivity index (χ1n) is 7.59. The second-order valence-electron chi connectivity index (χ2n) is 5.85. The summed E-state index contributed by atoms with van der Waals surface area (Å²) in [5, 5.41) is 11.9. The summed E-state index contributed by atoms with van der Waals surface area (Å²) >= 11 is 0. The molecule has 4 nitrogen and oxygen atoms in total. The summed E-state index contributed by atoms with van der Waals surface area (Å²) in [7, 11) is 0. The van der Waals surface area contributed by atoms with Gasteiger partial charge in [0.2, 0.25) is 5.91 Å². The summed E-state index contributed by atoms with van der Waals surface area (Å²) in [5.41, 5.74) is 3.88. The van der Waals surface area contributed by atoms with Crippen LogP contribution in [0.5, 0.6) is 0 Å². The summed E-state index contributed by atoms with van der Waals surface area (Å²) in [4.78, 5) is 23.6. The zero-order valence-electron chi connectivity index (χ0n) is 13.4. The molecule has 120 valence electrons. The van der Waals surface area contributed by atoms with E-state index < -0.39 is 11.9 Å². The lowest BCUT2D eigenvalue weighted by molar-refractivity contribution is -0.140. The van der Waals surface area contributed by atoms with Crippen LogP contribution >= 0.6 is 0 Å². The maximum absolute atomic E-state index is 12.4. The van der Waals surface area contributed by atoms with Crippen molar-refractivity contribution >= 4 is 17.6 Å². The molecule has 0 fully saturated rings. The molecule has 4 heteroatoms. The Kier molecular flexibility index (Phi) is 5.52. The molecule has 0 aliphatic rings. The SMILES string of the molecule is Cc1cc(C)cc(CC(CC(=O)O)C(=O)Nc2ccccc2)c1. The first-order chi connectivity index (χ1) is 10.9. The molecule has 2 aromatic rings. The Balaban J connectivity index is 2.15. The van der Waals surface area contributed by atoms with Crippen molar-refractivity contribution in [3.8, 4) is 0 Å². The van der Waals surface area contributed by atoms with Gasteiger partial charge in [-0.25, -0.2) is 0 Å². The van der Waals surface area contributed by atoms with Gasteiger partial charge in [0.05, 0.1) is 12.3 Å². The number of hydrogen-bond acceptors (Lipinski definition) is 2. The maximum Gasteiger partial charge on any atom is 0.304 e. The van der Waals surface area contributed by atoms with Crippen LogP contribution in [-0.4, -0.2) is 17.0 Å². The van der Waals surface area contributed by atoms with Gasteiger partial charge in [-0.2, -0.15) is 0 Å². The molecule has 0 aliphatic carbocycles. The third kappa shape index (κ3) is 5.25. The number of carboxylic acid groups (broad SMARTS) is 1. The van der Waals surface area contributed by atoms with Crippen LogP contribution in [0.25, 0.3) is 0 Å². The molecule has 0 spiro atoms. The average molecular weight is 311 g/mol. The number of anilines is 1. The average Bonchev–Trinajstić information content (AvgIpc) is 2.46. The van der Waals surface area contributed by atoms with E-state index in [0.29, 0.717) is 12.1 Å². The number of hydrogen-bond donors (Lipinski definition) is 2. The van der Waals surface area contributed by atoms with Crippen LogP contribution in [0.4, 0.5) is 5.69 Å². The normalized spacial score (nSPS) is 11.7. The first-order valence-corrected chi connectivity index (χ1v) is 7.59. The van der Waals surface area contributed by atoms with E-state index in [1.165, 1.54) is 0 Å². The largest absolute Gasteiger partial charge is 0.481 e. The van der Waals surface area contributed by atoms with Gasteiger partial charge in [-0.3, -0.25) is 9.59 Å². The van der Waals surface area contributed by atoms with Crippen molar-refractivity contribution in [2.45, 2.75) is 26.7 Å². The van der Waals surface area contributed by atoms with Gasteiger partial charge in [0.15, 0.2) is 0 Å². The molecular formula is C19H21NO3. The van der Waals surface area contributed by atoms with Gasteiger partial charge in [0.25, 0.3) is 0 Å². The Hall–Kier alpha value is -2.62. The van der Waals surface area contributed by atoms with Crippen molar-refractivity contribution in [3.63, 3.8) is 0 Å². The Labute approximate surface area is 136 Å². The van der Waals surface area contributed by atoms with E-state index in [4.69, 9.17) is 5.11 Å². The number of amides is 1. The molecule has 1 amide bonds. The number of aryl methyl sites for hydroxylation is 2. The molecule has 0 aliphatic heterocycles. The number of aliphatic carboxylic acids is 1. The second kappa shape index (κ2) is 7.58. The standard InChI is InChI=1S/C19H21NO3/c1-13-8-14(2)10-15(9-13)11-16(12-18(21)22)19(23)20-17-6-4-3-5-7-17/h3-10,16H,11-12H2,1-2H3,(H,20,23)(H,21,22). The van der Waals surface area contributed by atoms with Crippen LogP contribution in [-0.2, 0) is 16.0 Å². The van der Waals surface area contributed by atoms with Crippen molar-refractivity contribution in [3.05, 3.63) is 65.2 Å². The van der Waals surface area contributed by atoms with Crippen molar-refractivity contribution in [2.24, 2.45) is 5.92 Å². The Morgan fingerprint density at radius 2 is 1.65 bits per heavy atom. The Morgan fingerprint density at radius 1 is 1.04 bits per heavy atom. The predicted molar refractivity (Wildman–Crippen MR) is 90.4 cm³/mol. The summed E-state index contributed by atoms with van der Waals surface area (Å²) < 4.78 is 0. The number of benzene rings is 2. The molecule has 0 radical (unpaired) electrons. The van der Waals surface area contributed by atoms with E-state index in [1.54, 1.807) is 12.1 Å². The lowest BCUT2D eigenvalue weighted by Crippen LogP contribution is -2.27. The zero-order chi connectivity index (χ0) is 16.8. The highest BCUT2D eigenvalue weighted by Gasteiger charge is 2.22. The monoisotopic (exact) mass is 311 g/mol. The number of carbonyl (C=O) groups is 2. The molecule has 0 heterocycles. The summed E-state index contributed by atoms with van der Waals surface area (Å²) in [6.07, 6.45) is 0.221. The van der Waals surface area contributed by atoms with E-state index >= 15 is 0 Å². The third-order valence-corrected chi connectivity index (χ3v) is 3.60. The quantitative estimate of drug-likeness (QED) is 0.857. The fourth-order valence-corrected chi connectivity index (χ4v) is 2.71. The highest BCUT2D eigenvalue weighted by molar-refractivity contribution is 5.94. The lowest BCUT2D eigenvalue weighted by Gasteiger charge is -2.16. The predicted octanol–water partition coefficient (Wildman–Crippen LogP) is 3.58. The second-order valence-corrected chi connectivity index (χ2v) is 5.85. The van der Waals surface area contributed by atoms with E-state index in [1.807, 2.05) is 44.2 Å². The van der Waals surface area contributed by atoms with Gasteiger partial charge in [-0.05, 0) is 38.0 Å². The highest BCUT2D eigenvalue weighted by Crippen LogP contribution is 2.18. The van der Waals surface area contributed by atoms with Gasteiger partial charge in [-0.1, -0.05) is 47.5 Å². The van der Waals surface area contributed by atoms with Crippen LogP contribution < -0.4 is 5.32 Å². The summed E-state index contributed by atoms with van der Waals surface area (Å²) in [6, 6.07) is 15.1. The summed E-state index contributed by atoms with van der Waals surface area (Å²) in [5.74, 6) is -1.84. The number of rotatable bonds is 6. The molecule has 0 bridgehead atoms. The van der Waals surface area contributed by atoms with Crippen LogP contribution in [0.3, 0.4) is 0 Å². The van der Waals surface area contributed by atoms with Crippen molar-refractivity contribution in [2.75, 3.05) is 5.32 Å². The number of carboxylic acids is 1. The molecule has 0 saturated heterocycles. The molecule has 0 aromatic heterocycles. The molecule has 2 N–H and O–H groups in total. The minimum atomic E-state index is -0.970. The molecule has 0 saturated carbocycles. The Bertz CT molecular complexity index is 675. The minimum Gasteiger partial charge on any atom is -0.481 e. The number of nitrogens with one attached hydrogen (secondary N) is 1.